The molecule has 0 aliphatic carbocycles. The van der Waals surface area contributed by atoms with Crippen molar-refractivity contribution >= 4 is 23.4 Å². The van der Waals surface area contributed by atoms with Gasteiger partial charge in [0.2, 0.25) is 5.88 Å². The third-order valence-corrected chi connectivity index (χ3v) is 4.79. The van der Waals surface area contributed by atoms with Gasteiger partial charge in [-0.1, -0.05) is 12.1 Å². The Morgan fingerprint density at radius 2 is 1.90 bits per heavy atom. The SMILES string of the molecule is NC(=O)c1cc(NC(=O)C(=O)N2CCCC[C@H]2c2ccc(F)cc2)cnc1OC(F)F. The van der Waals surface area contributed by atoms with Crippen LogP contribution in [0.1, 0.15) is 41.2 Å². The highest BCUT2D eigenvalue weighted by molar-refractivity contribution is 6.39. The molecule has 1 aliphatic heterocycles. The summed E-state index contributed by atoms with van der Waals surface area (Å²) >= 11 is 0. The lowest BCUT2D eigenvalue weighted by Gasteiger charge is -2.35. The molecule has 0 bridgehead atoms. The van der Waals surface area contributed by atoms with E-state index >= 15 is 0 Å². The average molecular weight is 436 g/mol. The summed E-state index contributed by atoms with van der Waals surface area (Å²) in [6.07, 6.45) is 3.11. The number of nitrogens with one attached hydrogen (secondary N) is 1. The fourth-order valence-corrected chi connectivity index (χ4v) is 3.40. The second-order valence-corrected chi connectivity index (χ2v) is 6.84. The van der Waals surface area contributed by atoms with Crippen molar-refractivity contribution in [2.45, 2.75) is 31.9 Å². The first-order chi connectivity index (χ1) is 14.8. The number of aromatic nitrogens is 1. The molecule has 3 amide bonds. The van der Waals surface area contributed by atoms with Gasteiger partial charge in [-0.2, -0.15) is 8.78 Å². The topological polar surface area (TPSA) is 115 Å². The number of carbonyl (C=O) groups is 3. The number of hydrogen-bond donors (Lipinski definition) is 2. The summed E-state index contributed by atoms with van der Waals surface area (Å²) in [5.41, 5.74) is 5.27. The van der Waals surface area contributed by atoms with E-state index < -0.39 is 47.6 Å². The Morgan fingerprint density at radius 3 is 2.55 bits per heavy atom. The van der Waals surface area contributed by atoms with E-state index in [4.69, 9.17) is 5.73 Å². The number of piperidine rings is 1. The van der Waals surface area contributed by atoms with Crippen LogP contribution >= 0.6 is 0 Å². The van der Waals surface area contributed by atoms with Crippen molar-refractivity contribution < 1.29 is 32.3 Å². The molecule has 31 heavy (non-hydrogen) atoms. The van der Waals surface area contributed by atoms with Crippen LogP contribution in [0.25, 0.3) is 0 Å². The summed E-state index contributed by atoms with van der Waals surface area (Å²) in [5, 5.41) is 2.29. The Hall–Kier alpha value is -3.63. The summed E-state index contributed by atoms with van der Waals surface area (Å²) in [7, 11) is 0. The van der Waals surface area contributed by atoms with E-state index in [1.54, 1.807) is 12.1 Å². The number of amides is 3. The van der Waals surface area contributed by atoms with Gasteiger partial charge >= 0.3 is 18.4 Å². The van der Waals surface area contributed by atoms with Crippen LogP contribution in [0.15, 0.2) is 36.5 Å². The number of anilines is 1. The maximum atomic E-state index is 13.2. The van der Waals surface area contributed by atoms with Crippen molar-refractivity contribution in [2.75, 3.05) is 11.9 Å². The van der Waals surface area contributed by atoms with E-state index in [2.05, 4.69) is 15.0 Å². The molecule has 2 aromatic rings. The number of ether oxygens (including phenoxy) is 1. The molecule has 0 unspecified atom stereocenters. The second kappa shape index (κ2) is 9.45. The van der Waals surface area contributed by atoms with Gasteiger partial charge in [-0.15, -0.1) is 0 Å². The second-order valence-electron chi connectivity index (χ2n) is 6.84. The first kappa shape index (κ1) is 22.1. The number of rotatable bonds is 5. The third kappa shape index (κ3) is 5.30. The van der Waals surface area contributed by atoms with Crippen LogP contribution in [-0.4, -0.2) is 40.8 Å². The number of alkyl halides is 2. The van der Waals surface area contributed by atoms with Crippen LogP contribution in [0, 0.1) is 5.82 Å². The van der Waals surface area contributed by atoms with Gasteiger partial charge in [-0.05, 0) is 43.0 Å². The normalized spacial score (nSPS) is 16.1. The first-order valence-corrected chi connectivity index (χ1v) is 9.38. The minimum atomic E-state index is -3.23. The molecule has 1 aromatic heterocycles. The van der Waals surface area contributed by atoms with Crippen LogP contribution in [0.5, 0.6) is 5.88 Å². The smallest absolute Gasteiger partial charge is 0.388 e. The first-order valence-electron chi connectivity index (χ1n) is 9.38. The lowest BCUT2D eigenvalue weighted by Crippen LogP contribution is -2.44. The van der Waals surface area contributed by atoms with Crippen LogP contribution in [0.4, 0.5) is 18.9 Å². The van der Waals surface area contributed by atoms with Gasteiger partial charge in [0.05, 0.1) is 17.9 Å². The Morgan fingerprint density at radius 1 is 1.19 bits per heavy atom. The summed E-state index contributed by atoms with van der Waals surface area (Å²) in [4.78, 5) is 41.8. The number of halogens is 3. The van der Waals surface area contributed by atoms with Gasteiger partial charge in [0, 0.05) is 6.54 Å². The van der Waals surface area contributed by atoms with Gasteiger partial charge in [0.1, 0.15) is 11.4 Å². The Labute approximate surface area is 175 Å². The number of carbonyl (C=O) groups excluding carboxylic acids is 3. The van der Waals surface area contributed by atoms with E-state index in [1.807, 2.05) is 0 Å². The molecule has 1 fully saturated rings. The Balaban J connectivity index is 1.77. The van der Waals surface area contributed by atoms with Crippen molar-refractivity contribution in [3.8, 4) is 5.88 Å². The molecule has 2 heterocycles. The molecule has 1 atom stereocenters. The molecule has 1 aliphatic rings. The van der Waals surface area contributed by atoms with E-state index in [-0.39, 0.29) is 5.69 Å². The number of likely N-dealkylation sites (tertiary alicyclic amines) is 1. The summed E-state index contributed by atoms with van der Waals surface area (Å²) in [5.74, 6) is -4.04. The molecule has 1 aromatic carbocycles. The Bertz CT molecular complexity index is 985. The fraction of sp³-hybridized carbons (Fsp3) is 0.300. The molecule has 1 saturated heterocycles. The van der Waals surface area contributed by atoms with E-state index in [9.17, 15) is 27.6 Å². The van der Waals surface area contributed by atoms with E-state index in [1.165, 1.54) is 17.0 Å². The van der Waals surface area contributed by atoms with E-state index in [0.717, 1.165) is 18.7 Å². The van der Waals surface area contributed by atoms with Gasteiger partial charge < -0.3 is 20.7 Å². The average Bonchev–Trinajstić information content (AvgIpc) is 2.74. The van der Waals surface area contributed by atoms with Crippen molar-refractivity contribution in [2.24, 2.45) is 5.73 Å². The third-order valence-electron chi connectivity index (χ3n) is 4.79. The zero-order valence-electron chi connectivity index (χ0n) is 16.2. The number of nitrogens with zero attached hydrogens (tertiary/aromatic N) is 2. The molecule has 0 saturated carbocycles. The lowest BCUT2D eigenvalue weighted by atomic mass is 9.95. The largest absolute Gasteiger partial charge is 0.416 e. The van der Waals surface area contributed by atoms with Crippen LogP contribution in [0.3, 0.4) is 0 Å². The highest BCUT2D eigenvalue weighted by Gasteiger charge is 2.32. The van der Waals surface area contributed by atoms with Gasteiger partial charge in [-0.25, -0.2) is 9.37 Å². The standard InChI is InChI=1S/C20H19F3N4O4/c21-12-6-4-11(5-7-12)15-3-1-2-8-27(15)19(30)17(29)26-13-9-14(16(24)28)18(25-10-13)31-20(22)23/h4-7,9-10,15,20H,1-3,8H2,(H2,24,28)(H,26,29)/t15-/m0/s1. The zero-order valence-corrected chi connectivity index (χ0v) is 16.2. The predicted octanol–water partition coefficient (Wildman–Crippen LogP) is 2.61. The van der Waals surface area contributed by atoms with Gasteiger partial charge in [0.15, 0.2) is 0 Å². The van der Waals surface area contributed by atoms with Crippen LogP contribution < -0.4 is 15.8 Å². The molecule has 8 nitrogen and oxygen atoms in total. The molecule has 0 radical (unpaired) electrons. The molecule has 11 heteroatoms. The van der Waals surface area contributed by atoms with Crippen LogP contribution in [-0.2, 0) is 9.59 Å². The van der Waals surface area contributed by atoms with Crippen molar-refractivity contribution in [1.82, 2.24) is 9.88 Å². The number of hydrogen-bond acceptors (Lipinski definition) is 5. The van der Waals surface area contributed by atoms with Crippen molar-refractivity contribution in [3.05, 3.63) is 53.5 Å². The minimum absolute atomic E-state index is 0.0934. The van der Waals surface area contributed by atoms with Gasteiger partial charge in [-0.3, -0.25) is 14.4 Å². The van der Waals surface area contributed by atoms with Crippen molar-refractivity contribution in [3.63, 3.8) is 0 Å². The highest BCUT2D eigenvalue weighted by Crippen LogP contribution is 2.31. The molecular weight excluding hydrogens is 417 g/mol. The number of nitrogens with two attached hydrogens (primary N) is 1. The number of primary amides is 1. The highest BCUT2D eigenvalue weighted by atomic mass is 19.3. The molecule has 164 valence electrons. The number of benzene rings is 1. The summed E-state index contributed by atoms with van der Waals surface area (Å²) < 4.78 is 42.2. The monoisotopic (exact) mass is 436 g/mol. The Kier molecular flexibility index (Phi) is 6.73. The molecule has 3 N–H and O–H groups in total. The summed E-state index contributed by atoms with van der Waals surface area (Å²) in [6.45, 7) is -2.89. The zero-order chi connectivity index (χ0) is 22.5. The lowest BCUT2D eigenvalue weighted by molar-refractivity contribution is -0.145. The quantitative estimate of drug-likeness (QED) is 0.700. The number of pyridine rings is 1. The van der Waals surface area contributed by atoms with Crippen LogP contribution in [0.2, 0.25) is 0 Å². The molecular formula is C20H19F3N4O4. The minimum Gasteiger partial charge on any atom is -0.416 e. The molecule has 3 rings (SSSR count). The summed E-state index contributed by atoms with van der Waals surface area (Å²) in [6, 6.07) is 6.29. The predicted molar refractivity (Wildman–Crippen MR) is 103 cm³/mol. The van der Waals surface area contributed by atoms with Crippen molar-refractivity contribution in [1.29, 1.82) is 0 Å². The van der Waals surface area contributed by atoms with Gasteiger partial charge in [0.25, 0.3) is 5.91 Å². The molecule has 0 spiro atoms. The fourth-order valence-electron chi connectivity index (χ4n) is 3.40. The maximum absolute atomic E-state index is 13.2. The van der Waals surface area contributed by atoms with E-state index in [0.29, 0.717) is 24.9 Å². The maximum Gasteiger partial charge on any atom is 0.388 e.